The lowest BCUT2D eigenvalue weighted by atomic mass is 10.1. The van der Waals surface area contributed by atoms with Gasteiger partial charge in [-0.05, 0) is 32.4 Å². The third kappa shape index (κ3) is 6.10. The van der Waals surface area contributed by atoms with Crippen LogP contribution in [0.5, 0.6) is 0 Å². The number of alkyl halides is 3. The van der Waals surface area contributed by atoms with Crippen LogP contribution in [0.25, 0.3) is 11.0 Å². The van der Waals surface area contributed by atoms with Crippen molar-refractivity contribution in [1.82, 2.24) is 15.3 Å². The molecule has 0 fully saturated rings. The fraction of sp³-hybridized carbons (Fsp3) is 0.381. The van der Waals surface area contributed by atoms with E-state index in [1.54, 1.807) is 5.32 Å². The van der Waals surface area contributed by atoms with Gasteiger partial charge >= 0.3 is 12.2 Å². The molecule has 0 aliphatic heterocycles. The number of fused-ring (bicyclic) bond motifs is 1. The molecule has 0 bridgehead atoms. The monoisotopic (exact) mass is 486 g/mol. The number of halogens is 5. The number of furan rings is 1. The maximum Gasteiger partial charge on any atom is 0.416 e. The standard InChI is InChI=1S/C21H23F5N6O2/c1-11-14-7-12(22)8-15(23)17(14)34-16(11)18(21(24,25)26)32-20(33)31-13-9-29-19(30-10-13)28-6-4-2-3-5-27/h7-10,18H,2-6,27H2,1H3,(H,28,29,30)(H2,31,32,33)/t18-/m1/s1. The van der Waals surface area contributed by atoms with Gasteiger partial charge in [0.15, 0.2) is 17.4 Å². The molecule has 8 nitrogen and oxygen atoms in total. The second kappa shape index (κ2) is 10.6. The molecular weight excluding hydrogens is 463 g/mol. The van der Waals surface area contributed by atoms with Crippen molar-refractivity contribution in [2.24, 2.45) is 5.73 Å². The molecule has 0 saturated heterocycles. The summed E-state index contributed by atoms with van der Waals surface area (Å²) in [5.74, 6) is -2.59. The lowest BCUT2D eigenvalue weighted by Gasteiger charge is -2.20. The summed E-state index contributed by atoms with van der Waals surface area (Å²) in [6.07, 6.45) is 0.164. The largest absolute Gasteiger partial charge is 0.455 e. The summed E-state index contributed by atoms with van der Waals surface area (Å²) in [5.41, 5.74) is 4.77. The van der Waals surface area contributed by atoms with Crippen LogP contribution in [0, 0.1) is 18.6 Å². The second-order valence-corrected chi connectivity index (χ2v) is 7.50. The number of aromatic nitrogens is 2. The van der Waals surface area contributed by atoms with Gasteiger partial charge in [-0.2, -0.15) is 13.2 Å². The number of carbonyl (C=O) groups is 1. The number of urea groups is 1. The topological polar surface area (TPSA) is 118 Å². The molecule has 2 heterocycles. The summed E-state index contributed by atoms with van der Waals surface area (Å²) >= 11 is 0. The molecule has 2 amide bonds. The molecular formula is C21H23F5N6O2. The van der Waals surface area contributed by atoms with Crippen molar-refractivity contribution >= 4 is 28.6 Å². The minimum atomic E-state index is -4.99. The van der Waals surface area contributed by atoms with Crippen LogP contribution in [0.15, 0.2) is 28.9 Å². The summed E-state index contributed by atoms with van der Waals surface area (Å²) in [7, 11) is 0. The van der Waals surface area contributed by atoms with Gasteiger partial charge in [0.25, 0.3) is 0 Å². The Morgan fingerprint density at radius 2 is 1.85 bits per heavy atom. The average Bonchev–Trinajstić information content (AvgIpc) is 3.09. The van der Waals surface area contributed by atoms with Gasteiger partial charge in [-0.25, -0.2) is 23.5 Å². The maximum atomic E-state index is 14.0. The van der Waals surface area contributed by atoms with Crippen LogP contribution in [0.4, 0.5) is 38.4 Å². The van der Waals surface area contributed by atoms with E-state index in [-0.39, 0.29) is 16.6 Å². The number of nitrogens with two attached hydrogens (primary N) is 1. The van der Waals surface area contributed by atoms with Crippen LogP contribution in [0.1, 0.15) is 36.6 Å². The number of hydrogen-bond donors (Lipinski definition) is 4. The van der Waals surface area contributed by atoms with Gasteiger partial charge < -0.3 is 26.1 Å². The van der Waals surface area contributed by atoms with Gasteiger partial charge in [0.2, 0.25) is 5.95 Å². The predicted octanol–water partition coefficient (Wildman–Crippen LogP) is 4.78. The first-order valence-corrected chi connectivity index (χ1v) is 10.4. The van der Waals surface area contributed by atoms with Crippen LogP contribution < -0.4 is 21.7 Å². The molecule has 5 N–H and O–H groups in total. The van der Waals surface area contributed by atoms with Crippen molar-refractivity contribution in [2.45, 2.75) is 38.4 Å². The molecule has 0 aliphatic carbocycles. The Morgan fingerprint density at radius 1 is 1.15 bits per heavy atom. The Bertz CT molecular complexity index is 1130. The Labute approximate surface area is 191 Å². The molecule has 13 heteroatoms. The van der Waals surface area contributed by atoms with Crippen LogP contribution in [0.2, 0.25) is 0 Å². The summed E-state index contributed by atoms with van der Waals surface area (Å²) in [6, 6.07) is -2.48. The van der Waals surface area contributed by atoms with E-state index >= 15 is 0 Å². The van der Waals surface area contributed by atoms with Crippen LogP contribution in [-0.4, -0.2) is 35.3 Å². The van der Waals surface area contributed by atoms with Crippen molar-refractivity contribution in [2.75, 3.05) is 23.7 Å². The summed E-state index contributed by atoms with van der Waals surface area (Å²) in [5, 5.41) is 6.78. The van der Waals surface area contributed by atoms with Crippen molar-refractivity contribution in [3.05, 3.63) is 47.5 Å². The maximum absolute atomic E-state index is 14.0. The van der Waals surface area contributed by atoms with Gasteiger partial charge in [0.1, 0.15) is 11.6 Å². The SMILES string of the molecule is Cc1c([C@@H](NC(=O)Nc2cnc(NCCCCCN)nc2)C(F)(F)F)oc2c(F)cc(F)cc12. The van der Waals surface area contributed by atoms with E-state index in [1.807, 2.05) is 0 Å². The average molecular weight is 486 g/mol. The quantitative estimate of drug-likeness (QED) is 0.256. The Hall–Kier alpha value is -3.48. The normalized spacial score (nSPS) is 12.6. The lowest BCUT2D eigenvalue weighted by molar-refractivity contribution is -0.158. The van der Waals surface area contributed by atoms with Crippen molar-refractivity contribution < 1.29 is 31.2 Å². The smallest absolute Gasteiger partial charge is 0.416 e. The molecule has 34 heavy (non-hydrogen) atoms. The lowest BCUT2D eigenvalue weighted by Crippen LogP contribution is -2.40. The van der Waals surface area contributed by atoms with Crippen molar-refractivity contribution in [1.29, 1.82) is 0 Å². The first kappa shape index (κ1) is 25.1. The van der Waals surface area contributed by atoms with Gasteiger partial charge in [-0.1, -0.05) is 6.42 Å². The molecule has 1 aromatic carbocycles. The number of benzene rings is 1. The van der Waals surface area contributed by atoms with Crippen LogP contribution in [0.3, 0.4) is 0 Å². The number of carbonyl (C=O) groups excluding carboxylic acids is 1. The van der Waals surface area contributed by atoms with Gasteiger partial charge in [-0.15, -0.1) is 0 Å². The van der Waals surface area contributed by atoms with E-state index < -0.39 is 41.2 Å². The van der Waals surface area contributed by atoms with E-state index in [9.17, 15) is 26.7 Å². The zero-order valence-corrected chi connectivity index (χ0v) is 18.1. The summed E-state index contributed by atoms with van der Waals surface area (Å²) in [4.78, 5) is 20.2. The van der Waals surface area contributed by atoms with Gasteiger partial charge in [-0.3, -0.25) is 0 Å². The first-order valence-electron chi connectivity index (χ1n) is 10.4. The van der Waals surface area contributed by atoms with Gasteiger partial charge in [0, 0.05) is 23.6 Å². The number of amides is 2. The highest BCUT2D eigenvalue weighted by atomic mass is 19.4. The number of aryl methyl sites for hydroxylation is 1. The second-order valence-electron chi connectivity index (χ2n) is 7.50. The number of rotatable bonds is 9. The molecule has 1 atom stereocenters. The highest BCUT2D eigenvalue weighted by molar-refractivity contribution is 5.89. The van der Waals surface area contributed by atoms with E-state index in [1.165, 1.54) is 19.3 Å². The predicted molar refractivity (Wildman–Crippen MR) is 115 cm³/mol. The molecule has 0 radical (unpaired) electrons. The molecule has 3 rings (SSSR count). The summed E-state index contributed by atoms with van der Waals surface area (Å²) < 4.78 is 73.7. The van der Waals surface area contributed by atoms with Gasteiger partial charge in [0.05, 0.1) is 18.1 Å². The molecule has 184 valence electrons. The molecule has 2 aromatic heterocycles. The van der Waals surface area contributed by atoms with Crippen molar-refractivity contribution in [3.8, 4) is 0 Å². The van der Waals surface area contributed by atoms with E-state index in [0.29, 0.717) is 25.1 Å². The number of anilines is 2. The Balaban J connectivity index is 1.70. The highest BCUT2D eigenvalue weighted by Crippen LogP contribution is 2.39. The highest BCUT2D eigenvalue weighted by Gasteiger charge is 2.45. The fourth-order valence-electron chi connectivity index (χ4n) is 3.26. The first-order chi connectivity index (χ1) is 16.1. The van der Waals surface area contributed by atoms with E-state index in [0.717, 1.165) is 25.3 Å². The zero-order chi connectivity index (χ0) is 24.9. The van der Waals surface area contributed by atoms with E-state index in [4.69, 9.17) is 10.2 Å². The minimum absolute atomic E-state index is 0.0431. The third-order valence-corrected chi connectivity index (χ3v) is 4.93. The minimum Gasteiger partial charge on any atom is -0.455 e. The third-order valence-electron chi connectivity index (χ3n) is 4.93. The number of hydrogen-bond acceptors (Lipinski definition) is 6. The molecule has 3 aromatic rings. The number of nitrogens with zero attached hydrogens (tertiary/aromatic N) is 2. The molecule has 0 saturated carbocycles. The Morgan fingerprint density at radius 3 is 2.50 bits per heavy atom. The van der Waals surface area contributed by atoms with Crippen LogP contribution in [-0.2, 0) is 0 Å². The van der Waals surface area contributed by atoms with Crippen molar-refractivity contribution in [3.63, 3.8) is 0 Å². The van der Waals surface area contributed by atoms with E-state index in [2.05, 4.69) is 20.6 Å². The molecule has 0 spiro atoms. The fourth-order valence-corrected chi connectivity index (χ4v) is 3.26. The van der Waals surface area contributed by atoms with Crippen LogP contribution >= 0.6 is 0 Å². The summed E-state index contributed by atoms with van der Waals surface area (Å²) in [6.45, 7) is 2.44. The number of unbranched alkanes of at least 4 members (excludes halogenated alkanes) is 2. The number of nitrogens with one attached hydrogen (secondary N) is 3. The molecule has 0 unspecified atom stereocenters. The molecule has 0 aliphatic rings. The zero-order valence-electron chi connectivity index (χ0n) is 18.1. The Kier molecular flexibility index (Phi) is 7.87.